The second-order valence-corrected chi connectivity index (χ2v) is 4.76. The Labute approximate surface area is 112 Å². The summed E-state index contributed by atoms with van der Waals surface area (Å²) in [6.45, 7) is 5.64. The van der Waals surface area contributed by atoms with Gasteiger partial charge in [0.2, 0.25) is 0 Å². The molecule has 0 amide bonds. The molecule has 1 saturated heterocycles. The molecular formula is C13H18ClN3O. The molecule has 0 radical (unpaired) electrons. The molecule has 1 aliphatic heterocycles. The maximum Gasteiger partial charge on any atom is 0.191 e. The largest absolute Gasteiger partial charge is 0.378 e. The summed E-state index contributed by atoms with van der Waals surface area (Å²) in [4.78, 5) is 6.46. The lowest BCUT2D eigenvalue weighted by atomic mass is 10.1. The van der Waals surface area contributed by atoms with Crippen LogP contribution in [0.3, 0.4) is 0 Å². The summed E-state index contributed by atoms with van der Waals surface area (Å²) in [5, 5.41) is 0.781. The van der Waals surface area contributed by atoms with Crippen molar-refractivity contribution in [3.05, 3.63) is 34.3 Å². The highest BCUT2D eigenvalue weighted by Crippen LogP contribution is 2.16. The van der Waals surface area contributed by atoms with Gasteiger partial charge in [0.1, 0.15) is 0 Å². The lowest BCUT2D eigenvalue weighted by Crippen LogP contribution is -2.44. The first kappa shape index (κ1) is 13.2. The van der Waals surface area contributed by atoms with Crippen LogP contribution in [0.2, 0.25) is 5.02 Å². The molecule has 1 heterocycles. The van der Waals surface area contributed by atoms with E-state index in [1.54, 1.807) is 0 Å². The Morgan fingerprint density at radius 2 is 2.17 bits per heavy atom. The van der Waals surface area contributed by atoms with E-state index in [9.17, 15) is 0 Å². The maximum atomic E-state index is 5.98. The van der Waals surface area contributed by atoms with Crippen molar-refractivity contribution in [3.63, 3.8) is 0 Å². The van der Waals surface area contributed by atoms with Gasteiger partial charge < -0.3 is 15.4 Å². The zero-order valence-corrected chi connectivity index (χ0v) is 11.3. The summed E-state index contributed by atoms with van der Waals surface area (Å²) in [5.74, 6) is 0.589. The lowest BCUT2D eigenvalue weighted by Gasteiger charge is -2.27. The van der Waals surface area contributed by atoms with E-state index in [0.29, 0.717) is 12.5 Å². The molecule has 1 aromatic carbocycles. The van der Waals surface area contributed by atoms with Crippen molar-refractivity contribution < 1.29 is 4.74 Å². The summed E-state index contributed by atoms with van der Waals surface area (Å²) in [6, 6.07) is 5.91. The molecule has 2 rings (SSSR count). The van der Waals surface area contributed by atoms with E-state index in [2.05, 4.69) is 4.99 Å². The second kappa shape index (κ2) is 6.07. The molecule has 0 bridgehead atoms. The number of ether oxygens (including phenoxy) is 1. The Kier molecular flexibility index (Phi) is 4.44. The van der Waals surface area contributed by atoms with E-state index in [-0.39, 0.29) is 0 Å². The number of morpholine rings is 1. The van der Waals surface area contributed by atoms with Crippen molar-refractivity contribution in [2.75, 3.05) is 26.3 Å². The van der Waals surface area contributed by atoms with E-state index in [1.807, 2.05) is 30.0 Å². The molecule has 0 saturated carbocycles. The van der Waals surface area contributed by atoms with Gasteiger partial charge in [-0.25, -0.2) is 4.99 Å². The zero-order chi connectivity index (χ0) is 13.0. The summed E-state index contributed by atoms with van der Waals surface area (Å²) in [7, 11) is 0. The van der Waals surface area contributed by atoms with Crippen LogP contribution >= 0.6 is 11.6 Å². The number of aryl methyl sites for hydroxylation is 1. The van der Waals surface area contributed by atoms with Crippen molar-refractivity contribution in [2.24, 2.45) is 10.7 Å². The molecule has 2 N–H and O–H groups in total. The van der Waals surface area contributed by atoms with E-state index in [1.165, 1.54) is 0 Å². The number of halogens is 1. The summed E-state index contributed by atoms with van der Waals surface area (Å²) < 4.78 is 5.27. The lowest BCUT2D eigenvalue weighted by molar-refractivity contribution is 0.0674. The molecule has 1 aromatic rings. The Hall–Kier alpha value is -1.26. The number of hydrogen-bond donors (Lipinski definition) is 1. The Morgan fingerprint density at radius 3 is 2.83 bits per heavy atom. The van der Waals surface area contributed by atoms with E-state index in [0.717, 1.165) is 42.5 Å². The first-order valence-corrected chi connectivity index (χ1v) is 6.42. The van der Waals surface area contributed by atoms with Crippen molar-refractivity contribution >= 4 is 17.6 Å². The van der Waals surface area contributed by atoms with Crippen molar-refractivity contribution in [2.45, 2.75) is 13.5 Å². The van der Waals surface area contributed by atoms with Gasteiger partial charge in [-0.3, -0.25) is 0 Å². The molecule has 5 heteroatoms. The minimum atomic E-state index is 0.585. The Bertz CT molecular complexity index is 442. The van der Waals surface area contributed by atoms with Crippen molar-refractivity contribution in [3.8, 4) is 0 Å². The van der Waals surface area contributed by atoms with E-state index < -0.39 is 0 Å². The van der Waals surface area contributed by atoms with Gasteiger partial charge in [-0.05, 0) is 24.1 Å². The number of aliphatic imine (C=N–C) groups is 1. The zero-order valence-electron chi connectivity index (χ0n) is 10.5. The third kappa shape index (κ3) is 3.37. The summed E-state index contributed by atoms with van der Waals surface area (Å²) in [5.41, 5.74) is 8.14. The molecule has 1 aliphatic rings. The highest BCUT2D eigenvalue weighted by Gasteiger charge is 2.11. The molecule has 0 aromatic heterocycles. The Morgan fingerprint density at radius 1 is 1.44 bits per heavy atom. The quantitative estimate of drug-likeness (QED) is 0.657. The van der Waals surface area contributed by atoms with Gasteiger partial charge >= 0.3 is 0 Å². The second-order valence-electron chi connectivity index (χ2n) is 4.36. The molecule has 0 aliphatic carbocycles. The molecule has 4 nitrogen and oxygen atoms in total. The number of benzene rings is 1. The third-order valence-electron chi connectivity index (χ3n) is 2.98. The number of nitrogens with two attached hydrogens (primary N) is 1. The van der Waals surface area contributed by atoms with Gasteiger partial charge in [-0.15, -0.1) is 0 Å². The smallest absolute Gasteiger partial charge is 0.191 e. The number of guanidine groups is 1. The molecule has 98 valence electrons. The molecular weight excluding hydrogens is 250 g/mol. The topological polar surface area (TPSA) is 50.8 Å². The first-order valence-electron chi connectivity index (χ1n) is 6.04. The van der Waals surface area contributed by atoms with Crippen LogP contribution in [0.5, 0.6) is 0 Å². The van der Waals surface area contributed by atoms with Gasteiger partial charge in [-0.2, -0.15) is 0 Å². The standard InChI is InChI=1S/C13H18ClN3O/c1-10-8-11(2-3-12(10)14)9-16-13(15)17-4-6-18-7-5-17/h2-3,8H,4-7,9H2,1H3,(H2,15,16). The van der Waals surface area contributed by atoms with Crippen molar-refractivity contribution in [1.82, 2.24) is 4.90 Å². The minimum Gasteiger partial charge on any atom is -0.378 e. The normalized spacial score (nSPS) is 17.0. The molecule has 0 unspecified atom stereocenters. The molecule has 0 spiro atoms. The van der Waals surface area contributed by atoms with Crippen molar-refractivity contribution in [1.29, 1.82) is 0 Å². The van der Waals surface area contributed by atoms with Crippen LogP contribution in [-0.4, -0.2) is 37.2 Å². The van der Waals surface area contributed by atoms with Gasteiger partial charge in [0.05, 0.1) is 19.8 Å². The van der Waals surface area contributed by atoms with Crippen LogP contribution in [0.25, 0.3) is 0 Å². The highest BCUT2D eigenvalue weighted by molar-refractivity contribution is 6.31. The van der Waals surface area contributed by atoms with Crippen LogP contribution in [0.1, 0.15) is 11.1 Å². The number of nitrogens with zero attached hydrogens (tertiary/aromatic N) is 2. The fourth-order valence-electron chi connectivity index (χ4n) is 1.87. The fraction of sp³-hybridized carbons (Fsp3) is 0.462. The molecule has 0 atom stereocenters. The van der Waals surface area contributed by atoms with Crippen LogP contribution in [0.4, 0.5) is 0 Å². The first-order chi connectivity index (χ1) is 8.66. The minimum absolute atomic E-state index is 0.585. The molecule has 1 fully saturated rings. The number of hydrogen-bond acceptors (Lipinski definition) is 2. The van der Waals surface area contributed by atoms with Gasteiger partial charge in [0.15, 0.2) is 5.96 Å². The predicted molar refractivity (Wildman–Crippen MR) is 73.9 cm³/mol. The summed E-state index contributed by atoms with van der Waals surface area (Å²) >= 11 is 5.98. The average molecular weight is 268 g/mol. The van der Waals surface area contributed by atoms with Gasteiger partial charge in [0.25, 0.3) is 0 Å². The average Bonchev–Trinajstić information content (AvgIpc) is 2.41. The predicted octanol–water partition coefficient (Wildman–Crippen LogP) is 1.80. The summed E-state index contributed by atoms with van der Waals surface area (Å²) in [6.07, 6.45) is 0. The maximum absolute atomic E-state index is 5.98. The van der Waals surface area contributed by atoms with Crippen LogP contribution < -0.4 is 5.73 Å². The monoisotopic (exact) mass is 267 g/mol. The van der Waals surface area contributed by atoms with E-state index in [4.69, 9.17) is 22.1 Å². The SMILES string of the molecule is Cc1cc(CN=C(N)N2CCOCC2)ccc1Cl. The third-order valence-corrected chi connectivity index (χ3v) is 3.41. The van der Waals surface area contributed by atoms with Gasteiger partial charge in [-0.1, -0.05) is 23.7 Å². The molecule has 18 heavy (non-hydrogen) atoms. The van der Waals surface area contributed by atoms with Crippen LogP contribution in [0, 0.1) is 6.92 Å². The van der Waals surface area contributed by atoms with Crippen LogP contribution in [0.15, 0.2) is 23.2 Å². The van der Waals surface area contributed by atoms with Gasteiger partial charge in [0, 0.05) is 18.1 Å². The number of rotatable bonds is 2. The van der Waals surface area contributed by atoms with Crippen LogP contribution in [-0.2, 0) is 11.3 Å². The Balaban J connectivity index is 1.98. The highest BCUT2D eigenvalue weighted by atomic mass is 35.5. The van der Waals surface area contributed by atoms with E-state index >= 15 is 0 Å². The fourth-order valence-corrected chi connectivity index (χ4v) is 1.99.